The molecule has 7 heteroatoms. The highest BCUT2D eigenvalue weighted by molar-refractivity contribution is 6.34. The molecule has 1 aliphatic rings. The monoisotopic (exact) mass is 359 g/mol. The van der Waals surface area contributed by atoms with Crippen LogP contribution in [0.3, 0.4) is 0 Å². The predicted octanol–water partition coefficient (Wildman–Crippen LogP) is 3.06. The number of carboxylic acids is 1. The molecule has 0 aliphatic heterocycles. The summed E-state index contributed by atoms with van der Waals surface area (Å²) in [6, 6.07) is 3.81. The molecule has 0 heterocycles. The fraction of sp³-hybridized carbons (Fsp3) is 0.500. The number of rotatable bonds is 7. The summed E-state index contributed by atoms with van der Waals surface area (Å²) in [6.45, 7) is 0. The molecule has 0 bridgehead atoms. The van der Waals surface area contributed by atoms with E-state index in [9.17, 15) is 14.7 Å². The highest BCUT2D eigenvalue weighted by Crippen LogP contribution is 2.37. The molecule has 0 aromatic heterocycles. The molecule has 2 rings (SSSR count). The summed E-state index contributed by atoms with van der Waals surface area (Å²) in [5.74, 6) is -1.43. The third-order valence-electron chi connectivity index (χ3n) is 4.18. The fourth-order valence-corrected chi connectivity index (χ4v) is 3.30. The van der Waals surface area contributed by atoms with Crippen LogP contribution in [0.1, 0.15) is 31.2 Å². The van der Waals surface area contributed by atoms with Gasteiger partial charge in [-0.3, -0.25) is 4.79 Å². The lowest BCUT2D eigenvalue weighted by Gasteiger charge is -2.40. The van der Waals surface area contributed by atoms with Gasteiger partial charge in [0.1, 0.15) is 6.04 Å². The summed E-state index contributed by atoms with van der Waals surface area (Å²) < 4.78 is 5.39. The van der Waals surface area contributed by atoms with Crippen molar-refractivity contribution in [2.45, 2.75) is 43.7 Å². The summed E-state index contributed by atoms with van der Waals surface area (Å²) in [4.78, 5) is 23.6. The van der Waals surface area contributed by atoms with E-state index in [1.54, 1.807) is 25.3 Å². The van der Waals surface area contributed by atoms with Crippen LogP contribution in [0, 0.1) is 0 Å². The number of hydrogen-bond donors (Lipinski definition) is 2. The van der Waals surface area contributed by atoms with E-state index in [-0.39, 0.29) is 18.7 Å². The average Bonchev–Trinajstić information content (AvgIpc) is 2.41. The summed E-state index contributed by atoms with van der Waals surface area (Å²) >= 11 is 11.8. The Morgan fingerprint density at radius 2 is 1.91 bits per heavy atom. The molecule has 1 fully saturated rings. The molecule has 1 aromatic carbocycles. The van der Waals surface area contributed by atoms with Crippen LogP contribution >= 0.6 is 23.2 Å². The van der Waals surface area contributed by atoms with Crippen molar-refractivity contribution in [2.75, 3.05) is 7.11 Å². The van der Waals surface area contributed by atoms with Crippen molar-refractivity contribution >= 4 is 35.1 Å². The molecular weight excluding hydrogens is 341 g/mol. The number of amides is 1. The van der Waals surface area contributed by atoms with Crippen molar-refractivity contribution in [3.63, 3.8) is 0 Å². The van der Waals surface area contributed by atoms with Crippen molar-refractivity contribution in [1.82, 2.24) is 5.32 Å². The summed E-state index contributed by atoms with van der Waals surface area (Å²) in [7, 11) is 1.58. The molecule has 0 saturated heterocycles. The molecule has 126 valence electrons. The average molecular weight is 360 g/mol. The minimum absolute atomic E-state index is 0.112. The Labute approximate surface area is 144 Å². The third-order valence-corrected chi connectivity index (χ3v) is 4.61. The Bertz CT molecular complexity index is 576. The molecule has 1 amide bonds. The minimum atomic E-state index is -1.10. The first-order chi connectivity index (χ1) is 10.8. The van der Waals surface area contributed by atoms with Gasteiger partial charge in [0.05, 0.1) is 12.0 Å². The van der Waals surface area contributed by atoms with Gasteiger partial charge in [0, 0.05) is 23.6 Å². The molecule has 0 radical (unpaired) electrons. The first-order valence-electron chi connectivity index (χ1n) is 7.36. The van der Waals surface area contributed by atoms with Gasteiger partial charge in [0.25, 0.3) is 0 Å². The second-order valence-corrected chi connectivity index (χ2v) is 6.73. The number of carboxylic acid groups (broad SMARTS) is 1. The predicted molar refractivity (Wildman–Crippen MR) is 87.9 cm³/mol. The SMILES string of the molecule is COC1(CC(=O)NC(Cc2cc(Cl)cc(Cl)c2)C(=O)O)CCC1. The number of aliphatic carboxylic acids is 1. The highest BCUT2D eigenvalue weighted by Gasteiger charge is 2.39. The Kier molecular flexibility index (Phi) is 5.89. The molecule has 1 aromatic rings. The van der Waals surface area contributed by atoms with Gasteiger partial charge in [0.15, 0.2) is 0 Å². The van der Waals surface area contributed by atoms with E-state index in [1.165, 1.54) is 0 Å². The number of hydrogen-bond acceptors (Lipinski definition) is 3. The van der Waals surface area contributed by atoms with Crippen LogP contribution in [0.4, 0.5) is 0 Å². The quantitative estimate of drug-likeness (QED) is 0.784. The fourth-order valence-electron chi connectivity index (χ4n) is 2.73. The normalized spacial score (nSPS) is 17.2. The Morgan fingerprint density at radius 1 is 1.30 bits per heavy atom. The van der Waals surface area contributed by atoms with Crippen molar-refractivity contribution in [1.29, 1.82) is 0 Å². The third kappa shape index (κ3) is 4.83. The second kappa shape index (κ2) is 7.51. The first kappa shape index (κ1) is 18.0. The van der Waals surface area contributed by atoms with E-state index >= 15 is 0 Å². The zero-order chi connectivity index (χ0) is 17.0. The van der Waals surface area contributed by atoms with Crippen molar-refractivity contribution in [3.05, 3.63) is 33.8 Å². The van der Waals surface area contributed by atoms with Gasteiger partial charge in [-0.05, 0) is 43.0 Å². The Morgan fingerprint density at radius 3 is 2.35 bits per heavy atom. The van der Waals surface area contributed by atoms with Gasteiger partial charge < -0.3 is 15.2 Å². The Hall–Kier alpha value is -1.30. The minimum Gasteiger partial charge on any atom is -0.480 e. The zero-order valence-electron chi connectivity index (χ0n) is 12.8. The van der Waals surface area contributed by atoms with E-state index in [2.05, 4.69) is 5.32 Å². The van der Waals surface area contributed by atoms with Crippen molar-refractivity contribution < 1.29 is 19.4 Å². The molecule has 1 atom stereocenters. The standard InChI is InChI=1S/C16H19Cl2NO4/c1-23-16(3-2-4-16)9-14(20)19-13(15(21)22)7-10-5-11(17)8-12(18)6-10/h5-6,8,13H,2-4,7,9H2,1H3,(H,19,20)(H,21,22). The molecular formula is C16H19Cl2NO4. The van der Waals surface area contributed by atoms with Crippen LogP contribution in [-0.2, 0) is 20.7 Å². The van der Waals surface area contributed by atoms with E-state index in [0.29, 0.717) is 15.6 Å². The maximum Gasteiger partial charge on any atom is 0.326 e. The number of benzene rings is 1. The second-order valence-electron chi connectivity index (χ2n) is 5.86. The number of carbonyl (C=O) groups excluding carboxylic acids is 1. The number of nitrogens with one attached hydrogen (secondary N) is 1. The summed E-state index contributed by atoms with van der Waals surface area (Å²) in [6.07, 6.45) is 2.94. The zero-order valence-corrected chi connectivity index (χ0v) is 14.3. The van der Waals surface area contributed by atoms with Gasteiger partial charge in [-0.1, -0.05) is 23.2 Å². The van der Waals surface area contributed by atoms with Gasteiger partial charge in [0.2, 0.25) is 5.91 Å². The molecule has 23 heavy (non-hydrogen) atoms. The van der Waals surface area contributed by atoms with E-state index in [0.717, 1.165) is 19.3 Å². The summed E-state index contributed by atoms with van der Waals surface area (Å²) in [5.41, 5.74) is 0.215. The van der Waals surface area contributed by atoms with Gasteiger partial charge in [-0.25, -0.2) is 4.79 Å². The molecule has 1 unspecified atom stereocenters. The van der Waals surface area contributed by atoms with Gasteiger partial charge in [-0.15, -0.1) is 0 Å². The van der Waals surface area contributed by atoms with Gasteiger partial charge >= 0.3 is 5.97 Å². The highest BCUT2D eigenvalue weighted by atomic mass is 35.5. The van der Waals surface area contributed by atoms with Crippen LogP contribution in [0.15, 0.2) is 18.2 Å². The largest absolute Gasteiger partial charge is 0.480 e. The molecule has 2 N–H and O–H groups in total. The number of methoxy groups -OCH3 is 1. The van der Waals surface area contributed by atoms with Crippen LogP contribution in [0.25, 0.3) is 0 Å². The topological polar surface area (TPSA) is 75.6 Å². The summed E-state index contributed by atoms with van der Waals surface area (Å²) in [5, 5.41) is 12.7. The lowest BCUT2D eigenvalue weighted by Crippen LogP contribution is -2.48. The molecule has 1 aliphatic carbocycles. The number of halogens is 2. The van der Waals surface area contributed by atoms with Gasteiger partial charge in [-0.2, -0.15) is 0 Å². The maximum atomic E-state index is 12.1. The van der Waals surface area contributed by atoms with Crippen molar-refractivity contribution in [2.24, 2.45) is 0 Å². The smallest absolute Gasteiger partial charge is 0.326 e. The maximum absolute atomic E-state index is 12.1. The number of carbonyl (C=O) groups is 2. The Balaban J connectivity index is 2.01. The van der Waals surface area contributed by atoms with Crippen molar-refractivity contribution in [3.8, 4) is 0 Å². The van der Waals surface area contributed by atoms with Crippen LogP contribution in [0.2, 0.25) is 10.0 Å². The lowest BCUT2D eigenvalue weighted by atomic mass is 9.77. The van der Waals surface area contributed by atoms with Crippen LogP contribution < -0.4 is 5.32 Å². The first-order valence-corrected chi connectivity index (χ1v) is 8.11. The molecule has 1 saturated carbocycles. The van der Waals surface area contributed by atoms with Crippen LogP contribution in [-0.4, -0.2) is 35.7 Å². The van der Waals surface area contributed by atoms with E-state index < -0.39 is 17.6 Å². The lowest BCUT2D eigenvalue weighted by molar-refractivity contribution is -0.144. The van der Waals surface area contributed by atoms with E-state index in [1.807, 2.05) is 0 Å². The molecule has 0 spiro atoms. The number of ether oxygens (including phenoxy) is 1. The molecule has 5 nitrogen and oxygen atoms in total. The van der Waals surface area contributed by atoms with E-state index in [4.69, 9.17) is 27.9 Å². The van der Waals surface area contributed by atoms with Crippen LogP contribution in [0.5, 0.6) is 0 Å².